The first-order chi connectivity index (χ1) is 18.0. The predicted molar refractivity (Wildman–Crippen MR) is 142 cm³/mol. The van der Waals surface area contributed by atoms with E-state index >= 15 is 0 Å². The van der Waals surface area contributed by atoms with Crippen LogP contribution in [0.2, 0.25) is 0 Å². The first kappa shape index (κ1) is 28.4. The molecule has 0 aliphatic carbocycles. The molecular weight excluding hydrogens is 487 g/mol. The lowest BCUT2D eigenvalue weighted by molar-refractivity contribution is -0.133. The third-order valence-corrected chi connectivity index (χ3v) is 5.71. The zero-order valence-corrected chi connectivity index (χ0v) is 22.0. The van der Waals surface area contributed by atoms with Gasteiger partial charge >= 0.3 is 12.2 Å². The Labute approximate surface area is 222 Å². The molecule has 1 unspecified atom stereocenters. The maximum Gasteiger partial charge on any atom is 0.417 e. The van der Waals surface area contributed by atoms with Gasteiger partial charge in [-0.25, -0.2) is 18.9 Å². The number of carbonyl (C=O) groups excluding carboxylic acids is 3. The van der Waals surface area contributed by atoms with Gasteiger partial charge in [-0.2, -0.15) is 0 Å². The lowest BCUT2D eigenvalue weighted by Gasteiger charge is -2.30. The molecule has 0 aromatic heterocycles. The molecule has 0 saturated carbocycles. The summed E-state index contributed by atoms with van der Waals surface area (Å²) >= 11 is 0. The Bertz CT molecular complexity index is 1210. The van der Waals surface area contributed by atoms with Crippen molar-refractivity contribution in [3.63, 3.8) is 0 Å². The Morgan fingerprint density at radius 2 is 1.42 bits per heavy atom. The van der Waals surface area contributed by atoms with Crippen LogP contribution in [0.25, 0.3) is 0 Å². The highest BCUT2D eigenvalue weighted by atomic mass is 19.1. The second-order valence-electron chi connectivity index (χ2n) is 9.91. The number of nitrogens with zero attached hydrogens (tertiary/aromatic N) is 1. The number of amides is 3. The van der Waals surface area contributed by atoms with Crippen molar-refractivity contribution in [2.75, 3.05) is 0 Å². The molecule has 0 aliphatic rings. The van der Waals surface area contributed by atoms with E-state index in [0.717, 1.165) is 10.5 Å². The van der Waals surface area contributed by atoms with Crippen molar-refractivity contribution in [3.05, 3.63) is 107 Å². The molecule has 0 saturated heterocycles. The summed E-state index contributed by atoms with van der Waals surface area (Å²) in [6.07, 6.45) is -1.67. The maximum atomic E-state index is 14.0. The monoisotopic (exact) mass is 520 g/mol. The summed E-state index contributed by atoms with van der Waals surface area (Å²) in [4.78, 5) is 41.0. The summed E-state index contributed by atoms with van der Waals surface area (Å²) in [5, 5.41) is 2.63. The number of hydrogen-bond acceptors (Lipinski definition) is 5. The number of imide groups is 1. The van der Waals surface area contributed by atoms with Gasteiger partial charge in [0.1, 0.15) is 24.1 Å². The van der Waals surface area contributed by atoms with Gasteiger partial charge in [-0.3, -0.25) is 4.79 Å². The average molecular weight is 521 g/mol. The molecule has 0 radical (unpaired) electrons. The predicted octanol–water partition coefficient (Wildman–Crippen LogP) is 6.19. The van der Waals surface area contributed by atoms with Gasteiger partial charge in [0, 0.05) is 5.92 Å². The van der Waals surface area contributed by atoms with Gasteiger partial charge in [-0.15, -0.1) is 0 Å². The second-order valence-corrected chi connectivity index (χ2v) is 9.91. The van der Waals surface area contributed by atoms with Crippen LogP contribution in [0.15, 0.2) is 84.9 Å². The maximum absolute atomic E-state index is 14.0. The lowest BCUT2D eigenvalue weighted by Crippen LogP contribution is -2.53. The quantitative estimate of drug-likeness (QED) is 0.383. The summed E-state index contributed by atoms with van der Waals surface area (Å²) < 4.78 is 24.5. The summed E-state index contributed by atoms with van der Waals surface area (Å²) in [5.41, 5.74) is 1.24. The Morgan fingerprint density at radius 3 is 1.97 bits per heavy atom. The molecule has 0 aliphatic heterocycles. The molecule has 0 fully saturated rings. The molecule has 3 aromatic carbocycles. The van der Waals surface area contributed by atoms with E-state index in [-0.39, 0.29) is 13.2 Å². The van der Waals surface area contributed by atoms with Gasteiger partial charge in [0.2, 0.25) is 0 Å². The fourth-order valence-corrected chi connectivity index (χ4v) is 3.76. The summed E-state index contributed by atoms with van der Waals surface area (Å²) in [7, 11) is 0. The van der Waals surface area contributed by atoms with E-state index in [2.05, 4.69) is 5.32 Å². The van der Waals surface area contributed by atoms with Crippen molar-refractivity contribution in [3.8, 4) is 0 Å². The van der Waals surface area contributed by atoms with Crippen LogP contribution in [0.5, 0.6) is 0 Å². The molecule has 3 rings (SSSR count). The summed E-state index contributed by atoms with van der Waals surface area (Å²) in [6.45, 7) is 6.72. The number of rotatable bonds is 8. The zero-order valence-electron chi connectivity index (χ0n) is 22.0. The van der Waals surface area contributed by atoms with Crippen LogP contribution in [0, 0.1) is 5.82 Å². The topological polar surface area (TPSA) is 84.9 Å². The van der Waals surface area contributed by atoms with Crippen LogP contribution in [0.3, 0.4) is 0 Å². The van der Waals surface area contributed by atoms with E-state index in [1.165, 1.54) is 24.3 Å². The van der Waals surface area contributed by atoms with E-state index in [4.69, 9.17) is 9.47 Å². The SMILES string of the molecule is CC(c1ccc(F)cc1)[C@@H](NC(=O)OC(C)(C)C)C(=O)N(Cc1ccccc1)C(=O)OCc1ccccc1. The second kappa shape index (κ2) is 12.9. The van der Waals surface area contributed by atoms with Gasteiger partial charge in [-0.05, 0) is 49.6 Å². The molecule has 200 valence electrons. The van der Waals surface area contributed by atoms with Crippen LogP contribution in [-0.4, -0.2) is 34.6 Å². The first-order valence-corrected chi connectivity index (χ1v) is 12.3. The Hall–Kier alpha value is -4.20. The number of benzene rings is 3. The molecule has 2 atom stereocenters. The van der Waals surface area contributed by atoms with E-state index in [9.17, 15) is 18.8 Å². The van der Waals surface area contributed by atoms with Gasteiger partial charge in [0.25, 0.3) is 5.91 Å². The van der Waals surface area contributed by atoms with Crippen LogP contribution in [0.4, 0.5) is 14.0 Å². The Morgan fingerprint density at radius 1 is 0.868 bits per heavy atom. The average Bonchev–Trinajstić information content (AvgIpc) is 2.89. The fourth-order valence-electron chi connectivity index (χ4n) is 3.76. The third kappa shape index (κ3) is 8.44. The molecule has 7 nitrogen and oxygen atoms in total. The van der Waals surface area contributed by atoms with Crippen LogP contribution in [0.1, 0.15) is 50.3 Å². The van der Waals surface area contributed by atoms with E-state index < -0.39 is 41.5 Å². The Kier molecular flexibility index (Phi) is 9.60. The Balaban J connectivity index is 1.92. The van der Waals surface area contributed by atoms with E-state index in [1.54, 1.807) is 64.1 Å². The number of halogens is 1. The summed E-state index contributed by atoms with van der Waals surface area (Å²) in [6, 6.07) is 22.5. The van der Waals surface area contributed by atoms with Crippen LogP contribution >= 0.6 is 0 Å². The van der Waals surface area contributed by atoms with Crippen molar-refractivity contribution >= 4 is 18.1 Å². The fraction of sp³-hybridized carbons (Fsp3) is 0.300. The minimum absolute atomic E-state index is 0.0318. The molecule has 38 heavy (non-hydrogen) atoms. The van der Waals surface area contributed by atoms with Crippen molar-refractivity contribution < 1.29 is 28.2 Å². The molecule has 0 spiro atoms. The van der Waals surface area contributed by atoms with E-state index in [0.29, 0.717) is 11.1 Å². The molecule has 0 bridgehead atoms. The minimum atomic E-state index is -1.21. The number of alkyl carbamates (subject to hydrolysis) is 1. The largest absolute Gasteiger partial charge is 0.444 e. The number of ether oxygens (including phenoxy) is 2. The highest BCUT2D eigenvalue weighted by Crippen LogP contribution is 2.23. The molecule has 3 amide bonds. The standard InChI is InChI=1S/C30H33FN2O5/c1-21(24-15-17-25(31)18-16-24)26(32-28(35)38-30(2,3)4)27(34)33(19-22-11-7-5-8-12-22)29(36)37-20-23-13-9-6-10-14-23/h5-18,21,26H,19-20H2,1-4H3,(H,32,35)/t21?,26-/m1/s1. The smallest absolute Gasteiger partial charge is 0.417 e. The molecule has 1 N–H and O–H groups in total. The molecule has 3 aromatic rings. The van der Waals surface area contributed by atoms with Crippen molar-refractivity contribution in [1.82, 2.24) is 10.2 Å². The zero-order chi connectivity index (χ0) is 27.7. The number of carbonyl (C=O) groups is 3. The number of hydrogen-bond donors (Lipinski definition) is 1. The van der Waals surface area contributed by atoms with Crippen molar-refractivity contribution in [1.29, 1.82) is 0 Å². The van der Waals surface area contributed by atoms with Gasteiger partial charge < -0.3 is 14.8 Å². The summed E-state index contributed by atoms with van der Waals surface area (Å²) in [5.74, 6) is -1.75. The highest BCUT2D eigenvalue weighted by molar-refractivity contribution is 5.97. The minimum Gasteiger partial charge on any atom is -0.444 e. The first-order valence-electron chi connectivity index (χ1n) is 12.3. The third-order valence-electron chi connectivity index (χ3n) is 5.71. The molecular formula is C30H33FN2O5. The molecule has 8 heteroatoms. The molecule has 0 heterocycles. The number of nitrogens with one attached hydrogen (secondary N) is 1. The van der Waals surface area contributed by atoms with Crippen LogP contribution < -0.4 is 5.32 Å². The normalized spacial score (nSPS) is 12.7. The van der Waals surface area contributed by atoms with E-state index in [1.807, 2.05) is 24.3 Å². The van der Waals surface area contributed by atoms with Gasteiger partial charge in [-0.1, -0.05) is 79.7 Å². The van der Waals surface area contributed by atoms with Gasteiger partial charge in [0.15, 0.2) is 0 Å². The van der Waals surface area contributed by atoms with Crippen molar-refractivity contribution in [2.24, 2.45) is 0 Å². The van der Waals surface area contributed by atoms with Crippen LogP contribution in [-0.2, 0) is 27.4 Å². The highest BCUT2D eigenvalue weighted by Gasteiger charge is 2.36. The lowest BCUT2D eigenvalue weighted by atomic mass is 9.92. The van der Waals surface area contributed by atoms with Crippen molar-refractivity contribution in [2.45, 2.75) is 58.4 Å². The van der Waals surface area contributed by atoms with Gasteiger partial charge in [0.05, 0.1) is 6.54 Å².